The summed E-state index contributed by atoms with van der Waals surface area (Å²) in [5.74, 6) is 0. The monoisotopic (exact) mass is 288 g/mol. The molecule has 0 aliphatic heterocycles. The van der Waals surface area contributed by atoms with E-state index in [1.54, 1.807) is 30.1 Å². The zero-order valence-electron chi connectivity index (χ0n) is 11.4. The van der Waals surface area contributed by atoms with Gasteiger partial charge >= 0.3 is 0 Å². The minimum absolute atomic E-state index is 0.204. The van der Waals surface area contributed by atoms with Gasteiger partial charge in [-0.1, -0.05) is 30.3 Å². The molecule has 0 aromatic heterocycles. The molecule has 0 heterocycles. The van der Waals surface area contributed by atoms with Crippen LogP contribution in [-0.4, -0.2) is 21.8 Å². The summed E-state index contributed by atoms with van der Waals surface area (Å²) in [6.07, 6.45) is 1.31. The van der Waals surface area contributed by atoms with Gasteiger partial charge in [0.1, 0.15) is 6.34 Å². The molecule has 5 heteroatoms. The lowest BCUT2D eigenvalue weighted by Gasteiger charge is -2.12. The molecule has 0 aliphatic carbocycles. The molecule has 0 amide bonds. The molecule has 0 aliphatic rings. The number of hydrogen-bond acceptors (Lipinski definition) is 2. The quantitative estimate of drug-likeness (QED) is 0.642. The second kappa shape index (κ2) is 5.88. The normalized spacial score (nSPS) is 11.7. The molecule has 0 N–H and O–H groups in total. The minimum Gasteiger partial charge on any atom is -0.335 e. The maximum atomic E-state index is 12.1. The van der Waals surface area contributed by atoms with Gasteiger partial charge in [0.05, 0.1) is 4.90 Å². The van der Waals surface area contributed by atoms with Gasteiger partial charge in [-0.3, -0.25) is 0 Å². The third kappa shape index (κ3) is 3.45. The number of anilines is 1. The van der Waals surface area contributed by atoms with E-state index in [0.29, 0.717) is 0 Å². The summed E-state index contributed by atoms with van der Waals surface area (Å²) in [6.45, 7) is 1.85. The highest BCUT2D eigenvalue weighted by atomic mass is 32.2. The summed E-state index contributed by atoms with van der Waals surface area (Å²) in [5, 5.41) is 0. The molecule has 20 heavy (non-hydrogen) atoms. The fourth-order valence-corrected chi connectivity index (χ4v) is 2.67. The summed E-state index contributed by atoms with van der Waals surface area (Å²) in [7, 11) is -1.90. The first-order chi connectivity index (χ1) is 9.49. The minimum atomic E-state index is -3.66. The average Bonchev–Trinajstić information content (AvgIpc) is 2.46. The number of nitrogens with zero attached hydrogens (tertiary/aromatic N) is 2. The van der Waals surface area contributed by atoms with Crippen LogP contribution in [0.5, 0.6) is 0 Å². The van der Waals surface area contributed by atoms with Gasteiger partial charge < -0.3 is 4.90 Å². The molecule has 0 radical (unpaired) electrons. The predicted octanol–water partition coefficient (Wildman–Crippen LogP) is 2.85. The van der Waals surface area contributed by atoms with Crippen molar-refractivity contribution >= 4 is 22.0 Å². The van der Waals surface area contributed by atoms with Gasteiger partial charge in [-0.25, -0.2) is 0 Å². The fourth-order valence-electron chi connectivity index (χ4n) is 1.70. The maximum absolute atomic E-state index is 12.1. The molecular formula is C15H16N2O2S. The Balaban J connectivity index is 2.22. The molecule has 0 saturated heterocycles. The molecule has 2 aromatic carbocycles. The van der Waals surface area contributed by atoms with Gasteiger partial charge in [0.2, 0.25) is 0 Å². The molecule has 0 saturated carbocycles. The van der Waals surface area contributed by atoms with Crippen LogP contribution >= 0.6 is 0 Å². The highest BCUT2D eigenvalue weighted by molar-refractivity contribution is 7.90. The Morgan fingerprint density at radius 1 is 1.05 bits per heavy atom. The van der Waals surface area contributed by atoms with Crippen molar-refractivity contribution in [3.8, 4) is 0 Å². The van der Waals surface area contributed by atoms with E-state index in [2.05, 4.69) is 4.40 Å². The summed E-state index contributed by atoms with van der Waals surface area (Å²) in [6, 6.07) is 16.1. The summed E-state index contributed by atoms with van der Waals surface area (Å²) in [4.78, 5) is 1.86. The van der Waals surface area contributed by atoms with Crippen molar-refractivity contribution in [1.29, 1.82) is 0 Å². The zero-order chi connectivity index (χ0) is 14.6. The lowest BCUT2D eigenvalue weighted by atomic mass is 10.2. The second-order valence-corrected chi connectivity index (χ2v) is 6.09. The molecule has 4 nitrogen and oxygen atoms in total. The van der Waals surface area contributed by atoms with Gasteiger partial charge in [0.25, 0.3) is 10.0 Å². The van der Waals surface area contributed by atoms with Gasteiger partial charge in [-0.15, -0.1) is 4.40 Å². The van der Waals surface area contributed by atoms with Gasteiger partial charge in [0.15, 0.2) is 0 Å². The van der Waals surface area contributed by atoms with Crippen LogP contribution in [0.2, 0.25) is 0 Å². The number of aryl methyl sites for hydroxylation is 1. The molecule has 2 aromatic rings. The van der Waals surface area contributed by atoms with E-state index >= 15 is 0 Å². The number of benzene rings is 2. The standard InChI is InChI=1S/C15H16N2O2S/c1-13-7-6-10-15(11-13)20(18,19)16-12-17(2)14-8-4-3-5-9-14/h3-12H,1-2H3. The molecular weight excluding hydrogens is 272 g/mol. The van der Waals surface area contributed by atoms with E-state index < -0.39 is 10.0 Å². The van der Waals surface area contributed by atoms with Crippen LogP contribution in [0.15, 0.2) is 63.9 Å². The van der Waals surface area contributed by atoms with Gasteiger partial charge in [-0.2, -0.15) is 8.42 Å². The van der Waals surface area contributed by atoms with E-state index in [1.165, 1.54) is 6.34 Å². The first-order valence-electron chi connectivity index (χ1n) is 6.14. The van der Waals surface area contributed by atoms with Crippen molar-refractivity contribution in [3.05, 3.63) is 60.2 Å². The second-order valence-electron chi connectivity index (χ2n) is 4.46. The molecule has 0 unspecified atom stereocenters. The van der Waals surface area contributed by atoms with Crippen LogP contribution in [0.25, 0.3) is 0 Å². The van der Waals surface area contributed by atoms with Gasteiger partial charge in [0, 0.05) is 12.7 Å². The Hall–Kier alpha value is -2.14. The SMILES string of the molecule is Cc1cccc(S(=O)(=O)N=CN(C)c2ccccc2)c1. The summed E-state index contributed by atoms with van der Waals surface area (Å²) < 4.78 is 27.9. The Labute approximate surface area is 119 Å². The van der Waals surface area contributed by atoms with Crippen molar-refractivity contribution in [3.63, 3.8) is 0 Å². The van der Waals surface area contributed by atoms with Gasteiger partial charge in [-0.05, 0) is 36.8 Å². The number of sulfonamides is 1. The molecule has 2 rings (SSSR count). The van der Waals surface area contributed by atoms with Crippen LogP contribution in [0.3, 0.4) is 0 Å². The van der Waals surface area contributed by atoms with E-state index in [0.717, 1.165) is 11.3 Å². The highest BCUT2D eigenvalue weighted by Gasteiger charge is 2.11. The Morgan fingerprint density at radius 3 is 2.40 bits per heavy atom. The molecule has 0 bridgehead atoms. The van der Waals surface area contributed by atoms with E-state index in [9.17, 15) is 8.42 Å². The first kappa shape index (κ1) is 14.3. The molecule has 0 spiro atoms. The fraction of sp³-hybridized carbons (Fsp3) is 0.133. The zero-order valence-corrected chi connectivity index (χ0v) is 12.2. The van der Waals surface area contributed by atoms with Crippen molar-refractivity contribution in [2.24, 2.45) is 4.40 Å². The Kier molecular flexibility index (Phi) is 4.20. The van der Waals surface area contributed by atoms with Crippen LogP contribution in [0.1, 0.15) is 5.56 Å². The van der Waals surface area contributed by atoms with Crippen molar-refractivity contribution in [2.75, 3.05) is 11.9 Å². The largest absolute Gasteiger partial charge is 0.335 e. The Morgan fingerprint density at radius 2 is 1.75 bits per heavy atom. The Bertz CT molecular complexity index is 710. The van der Waals surface area contributed by atoms with E-state index in [-0.39, 0.29) is 4.90 Å². The van der Waals surface area contributed by atoms with E-state index in [4.69, 9.17) is 0 Å². The van der Waals surface area contributed by atoms with Crippen LogP contribution in [-0.2, 0) is 10.0 Å². The summed E-state index contributed by atoms with van der Waals surface area (Å²) >= 11 is 0. The number of para-hydroxylation sites is 1. The summed E-state index contributed by atoms with van der Waals surface area (Å²) in [5.41, 5.74) is 1.76. The average molecular weight is 288 g/mol. The lowest BCUT2D eigenvalue weighted by Crippen LogP contribution is -2.15. The predicted molar refractivity (Wildman–Crippen MR) is 81.7 cm³/mol. The van der Waals surface area contributed by atoms with E-state index in [1.807, 2.05) is 43.3 Å². The van der Waals surface area contributed by atoms with Crippen molar-refractivity contribution < 1.29 is 8.42 Å². The third-order valence-corrected chi connectivity index (χ3v) is 4.03. The topological polar surface area (TPSA) is 49.7 Å². The number of rotatable bonds is 4. The smallest absolute Gasteiger partial charge is 0.283 e. The van der Waals surface area contributed by atoms with Crippen LogP contribution in [0.4, 0.5) is 5.69 Å². The maximum Gasteiger partial charge on any atom is 0.283 e. The highest BCUT2D eigenvalue weighted by Crippen LogP contribution is 2.14. The van der Waals surface area contributed by atoms with Crippen LogP contribution < -0.4 is 4.90 Å². The van der Waals surface area contributed by atoms with Crippen LogP contribution in [0, 0.1) is 6.92 Å². The molecule has 0 atom stereocenters. The lowest BCUT2D eigenvalue weighted by molar-refractivity contribution is 0.598. The molecule has 0 fully saturated rings. The molecule has 104 valence electrons. The first-order valence-corrected chi connectivity index (χ1v) is 7.58. The van der Waals surface area contributed by atoms with Crippen molar-refractivity contribution in [2.45, 2.75) is 11.8 Å². The third-order valence-electron chi connectivity index (χ3n) is 2.81. The number of hydrogen-bond donors (Lipinski definition) is 0. The van der Waals surface area contributed by atoms with Crippen molar-refractivity contribution in [1.82, 2.24) is 0 Å².